The molecule has 2 rings (SSSR count). The molecular formula is C13H19N3O4S. The molecule has 1 aliphatic heterocycles. The van der Waals surface area contributed by atoms with Crippen molar-refractivity contribution < 1.29 is 19.4 Å². The maximum Gasteiger partial charge on any atom is 0.355 e. The first kappa shape index (κ1) is 15.7. The lowest BCUT2D eigenvalue weighted by atomic mass is 10.0. The van der Waals surface area contributed by atoms with Gasteiger partial charge in [-0.3, -0.25) is 0 Å². The van der Waals surface area contributed by atoms with Gasteiger partial charge in [-0.15, -0.1) is 11.3 Å². The summed E-state index contributed by atoms with van der Waals surface area (Å²) >= 11 is 1.22. The van der Waals surface area contributed by atoms with Gasteiger partial charge < -0.3 is 20.5 Å². The number of carboxylic acid groups (broad SMARTS) is 1. The van der Waals surface area contributed by atoms with Gasteiger partial charge in [0.25, 0.3) is 0 Å². The van der Waals surface area contributed by atoms with Gasteiger partial charge in [-0.2, -0.15) is 0 Å². The number of thiazole rings is 1. The van der Waals surface area contributed by atoms with Crippen LogP contribution in [0.1, 0.15) is 48.2 Å². The number of amides is 2. The minimum absolute atomic E-state index is 0.00214. The first-order chi connectivity index (χ1) is 9.95. The molecule has 0 bridgehead atoms. The van der Waals surface area contributed by atoms with Gasteiger partial charge in [0.05, 0.1) is 12.1 Å². The third-order valence-corrected chi connectivity index (χ3v) is 4.31. The van der Waals surface area contributed by atoms with Crippen LogP contribution >= 0.6 is 11.3 Å². The summed E-state index contributed by atoms with van der Waals surface area (Å²) in [6.07, 6.45) is 1.74. The van der Waals surface area contributed by atoms with E-state index < -0.39 is 5.97 Å². The number of carboxylic acids is 1. The summed E-state index contributed by atoms with van der Waals surface area (Å²) in [7, 11) is 0. The maximum absolute atomic E-state index is 11.9. The monoisotopic (exact) mass is 313 g/mol. The number of nitrogens with zero attached hydrogens (tertiary/aromatic N) is 1. The Morgan fingerprint density at radius 2 is 2.33 bits per heavy atom. The summed E-state index contributed by atoms with van der Waals surface area (Å²) < 4.78 is 5.43. The van der Waals surface area contributed by atoms with Gasteiger partial charge in [-0.05, 0) is 26.7 Å². The van der Waals surface area contributed by atoms with Crippen LogP contribution in [0.5, 0.6) is 0 Å². The predicted octanol–water partition coefficient (Wildman–Crippen LogP) is 1.77. The zero-order valence-electron chi connectivity index (χ0n) is 12.0. The van der Waals surface area contributed by atoms with E-state index in [0.717, 1.165) is 12.8 Å². The number of urea groups is 1. The maximum atomic E-state index is 11.9. The fraction of sp³-hybridized carbons (Fsp3) is 0.615. The van der Waals surface area contributed by atoms with Crippen molar-refractivity contribution in [2.45, 2.75) is 44.9 Å². The Bertz CT molecular complexity index is 519. The first-order valence-electron chi connectivity index (χ1n) is 6.83. The molecule has 2 amide bonds. The molecule has 2 heterocycles. The van der Waals surface area contributed by atoms with Crippen molar-refractivity contribution in [3.8, 4) is 0 Å². The summed E-state index contributed by atoms with van der Waals surface area (Å²) in [6, 6.07) is -0.499. The lowest BCUT2D eigenvalue weighted by Crippen LogP contribution is -2.46. The van der Waals surface area contributed by atoms with E-state index in [2.05, 4.69) is 15.6 Å². The Kier molecular flexibility index (Phi) is 5.13. The van der Waals surface area contributed by atoms with Gasteiger partial charge in [0.1, 0.15) is 5.01 Å². The highest BCUT2D eigenvalue weighted by Crippen LogP contribution is 2.18. The third kappa shape index (κ3) is 4.40. The average Bonchev–Trinajstić information content (AvgIpc) is 2.88. The number of hydrogen-bond donors (Lipinski definition) is 3. The van der Waals surface area contributed by atoms with E-state index in [0.29, 0.717) is 11.6 Å². The Balaban J connectivity index is 1.85. The van der Waals surface area contributed by atoms with E-state index in [1.807, 2.05) is 6.92 Å². The van der Waals surface area contributed by atoms with E-state index in [-0.39, 0.29) is 29.9 Å². The molecule has 1 fully saturated rings. The van der Waals surface area contributed by atoms with Crippen LogP contribution < -0.4 is 10.6 Å². The van der Waals surface area contributed by atoms with Gasteiger partial charge in [0.2, 0.25) is 0 Å². The van der Waals surface area contributed by atoms with Crippen LogP contribution in [0.4, 0.5) is 4.79 Å². The van der Waals surface area contributed by atoms with Crippen LogP contribution in [-0.4, -0.2) is 40.8 Å². The Morgan fingerprint density at radius 3 is 2.95 bits per heavy atom. The molecule has 21 heavy (non-hydrogen) atoms. The molecule has 8 heteroatoms. The Morgan fingerprint density at radius 1 is 1.57 bits per heavy atom. The second-order valence-electron chi connectivity index (χ2n) is 5.12. The summed E-state index contributed by atoms with van der Waals surface area (Å²) in [5.41, 5.74) is 0.00214. The van der Waals surface area contributed by atoms with Crippen LogP contribution in [0.25, 0.3) is 0 Å². The van der Waals surface area contributed by atoms with Gasteiger partial charge in [0.15, 0.2) is 5.69 Å². The number of hydrogen-bond acceptors (Lipinski definition) is 5. The summed E-state index contributed by atoms with van der Waals surface area (Å²) in [6.45, 7) is 4.41. The van der Waals surface area contributed by atoms with Crippen molar-refractivity contribution in [2.75, 3.05) is 6.61 Å². The summed E-state index contributed by atoms with van der Waals surface area (Å²) in [4.78, 5) is 26.7. The van der Waals surface area contributed by atoms with E-state index in [1.165, 1.54) is 16.7 Å². The minimum atomic E-state index is -1.06. The number of aromatic carboxylic acids is 1. The Labute approximate surface area is 126 Å². The number of carbonyl (C=O) groups excluding carboxylic acids is 1. The molecule has 0 aromatic carbocycles. The summed E-state index contributed by atoms with van der Waals surface area (Å²) in [5.74, 6) is -1.06. The molecule has 0 radical (unpaired) electrons. The molecule has 0 aliphatic carbocycles. The first-order valence-corrected chi connectivity index (χ1v) is 7.71. The van der Waals surface area contributed by atoms with E-state index in [9.17, 15) is 9.59 Å². The molecule has 3 N–H and O–H groups in total. The molecule has 3 unspecified atom stereocenters. The standard InChI is InChI=1S/C13H19N3O4S/c1-7-5-9(3-4-20-7)15-13(19)14-8(2)11-16-10(6-21-11)12(17)18/h6-9H,3-5H2,1-2H3,(H,17,18)(H2,14,15,19). The molecule has 116 valence electrons. The van der Waals surface area contributed by atoms with Crippen molar-refractivity contribution in [2.24, 2.45) is 0 Å². The molecule has 1 aromatic rings. The fourth-order valence-corrected chi connectivity index (χ4v) is 3.00. The van der Waals surface area contributed by atoms with Crippen molar-refractivity contribution >= 4 is 23.3 Å². The van der Waals surface area contributed by atoms with Crippen LogP contribution in [0.3, 0.4) is 0 Å². The van der Waals surface area contributed by atoms with Crippen LogP contribution in [0.2, 0.25) is 0 Å². The zero-order valence-corrected chi connectivity index (χ0v) is 12.8. The smallest absolute Gasteiger partial charge is 0.355 e. The summed E-state index contributed by atoms with van der Waals surface area (Å²) in [5, 5.41) is 16.6. The lowest BCUT2D eigenvalue weighted by molar-refractivity contribution is 0.0153. The van der Waals surface area contributed by atoms with Gasteiger partial charge in [-0.1, -0.05) is 0 Å². The van der Waals surface area contributed by atoms with Gasteiger partial charge in [0, 0.05) is 18.0 Å². The van der Waals surface area contributed by atoms with Crippen molar-refractivity contribution in [3.63, 3.8) is 0 Å². The predicted molar refractivity (Wildman–Crippen MR) is 77.6 cm³/mol. The SMILES string of the molecule is CC1CC(NC(=O)NC(C)c2nc(C(=O)O)cs2)CCO1. The number of carbonyl (C=O) groups is 2. The van der Waals surface area contributed by atoms with E-state index in [4.69, 9.17) is 9.84 Å². The molecule has 1 saturated heterocycles. The largest absolute Gasteiger partial charge is 0.476 e. The van der Waals surface area contributed by atoms with Gasteiger partial charge >= 0.3 is 12.0 Å². The highest BCUT2D eigenvalue weighted by atomic mass is 32.1. The van der Waals surface area contributed by atoms with Gasteiger partial charge in [-0.25, -0.2) is 14.6 Å². The highest BCUT2D eigenvalue weighted by molar-refractivity contribution is 7.09. The topological polar surface area (TPSA) is 101 Å². The van der Waals surface area contributed by atoms with Crippen molar-refractivity contribution in [3.05, 3.63) is 16.1 Å². The molecule has 1 aromatic heterocycles. The molecule has 1 aliphatic rings. The second-order valence-corrected chi connectivity index (χ2v) is 6.01. The quantitative estimate of drug-likeness (QED) is 0.786. The van der Waals surface area contributed by atoms with Crippen LogP contribution in [0.15, 0.2) is 5.38 Å². The van der Waals surface area contributed by atoms with Crippen molar-refractivity contribution in [1.29, 1.82) is 0 Å². The van der Waals surface area contributed by atoms with Crippen LogP contribution in [-0.2, 0) is 4.74 Å². The normalized spacial score (nSPS) is 23.3. The van der Waals surface area contributed by atoms with E-state index >= 15 is 0 Å². The third-order valence-electron chi connectivity index (χ3n) is 3.28. The van der Waals surface area contributed by atoms with E-state index in [1.54, 1.807) is 6.92 Å². The molecule has 3 atom stereocenters. The second kappa shape index (κ2) is 6.86. The number of nitrogens with one attached hydrogen (secondary N) is 2. The highest BCUT2D eigenvalue weighted by Gasteiger charge is 2.22. The lowest BCUT2D eigenvalue weighted by Gasteiger charge is -2.28. The average molecular weight is 313 g/mol. The molecule has 0 spiro atoms. The number of rotatable bonds is 4. The van der Waals surface area contributed by atoms with Crippen LogP contribution in [0, 0.1) is 0 Å². The number of ether oxygens (including phenoxy) is 1. The van der Waals surface area contributed by atoms with Crippen molar-refractivity contribution in [1.82, 2.24) is 15.6 Å². The molecular weight excluding hydrogens is 294 g/mol. The fourth-order valence-electron chi connectivity index (χ4n) is 2.20. The Hall–Kier alpha value is -1.67. The molecule has 0 saturated carbocycles. The molecule has 7 nitrogen and oxygen atoms in total. The minimum Gasteiger partial charge on any atom is -0.476 e. The zero-order chi connectivity index (χ0) is 15.4. The number of aromatic nitrogens is 1.